The van der Waals surface area contributed by atoms with E-state index in [1.807, 2.05) is 55.5 Å². The standard InChI is InChI=1S/C20H19NO2S/c1-15-18(12-13-23-14-16-8-4-2-5-9-16)24-20(21-15)19(22)17-10-6-3-7-11-17/h2-11H,12-14H2,1H3. The van der Waals surface area contributed by atoms with Crippen molar-refractivity contribution in [3.8, 4) is 0 Å². The van der Waals surface area contributed by atoms with Crippen molar-refractivity contribution < 1.29 is 9.53 Å². The fourth-order valence-corrected chi connectivity index (χ4v) is 3.40. The molecule has 0 amide bonds. The Hall–Kier alpha value is -2.30. The quantitative estimate of drug-likeness (QED) is 0.472. The number of rotatable bonds is 7. The molecule has 0 aliphatic carbocycles. The molecular formula is C20H19NO2S. The number of aromatic nitrogens is 1. The fraction of sp³-hybridized carbons (Fsp3) is 0.200. The van der Waals surface area contributed by atoms with Crippen molar-refractivity contribution in [2.75, 3.05) is 6.61 Å². The number of ketones is 1. The highest BCUT2D eigenvalue weighted by Crippen LogP contribution is 2.21. The Labute approximate surface area is 146 Å². The molecule has 2 aromatic carbocycles. The monoisotopic (exact) mass is 337 g/mol. The molecule has 0 spiro atoms. The second kappa shape index (κ2) is 7.99. The molecule has 1 aromatic heterocycles. The third kappa shape index (κ3) is 4.16. The van der Waals surface area contributed by atoms with E-state index in [4.69, 9.17) is 4.74 Å². The second-order valence-electron chi connectivity index (χ2n) is 5.51. The number of aryl methyl sites for hydroxylation is 1. The molecule has 4 heteroatoms. The highest BCUT2D eigenvalue weighted by molar-refractivity contribution is 7.13. The first-order chi connectivity index (χ1) is 11.7. The van der Waals surface area contributed by atoms with Gasteiger partial charge in [-0.25, -0.2) is 4.98 Å². The number of hydrogen-bond acceptors (Lipinski definition) is 4. The van der Waals surface area contributed by atoms with Crippen LogP contribution in [0.1, 0.15) is 31.5 Å². The van der Waals surface area contributed by atoms with Gasteiger partial charge in [0.15, 0.2) is 5.01 Å². The highest BCUT2D eigenvalue weighted by Gasteiger charge is 2.15. The number of nitrogens with zero attached hydrogens (tertiary/aromatic N) is 1. The second-order valence-corrected chi connectivity index (χ2v) is 6.59. The van der Waals surface area contributed by atoms with Gasteiger partial charge in [-0.3, -0.25) is 4.79 Å². The Balaban J connectivity index is 1.57. The van der Waals surface area contributed by atoms with Gasteiger partial charge in [0.1, 0.15) is 0 Å². The third-order valence-electron chi connectivity index (χ3n) is 3.71. The van der Waals surface area contributed by atoms with E-state index >= 15 is 0 Å². The van der Waals surface area contributed by atoms with Gasteiger partial charge < -0.3 is 4.74 Å². The number of hydrogen-bond donors (Lipinski definition) is 0. The summed E-state index contributed by atoms with van der Waals surface area (Å²) in [7, 11) is 0. The van der Waals surface area contributed by atoms with Crippen molar-refractivity contribution >= 4 is 17.1 Å². The first-order valence-electron chi connectivity index (χ1n) is 7.92. The summed E-state index contributed by atoms with van der Waals surface area (Å²) in [5.41, 5.74) is 2.76. The molecule has 0 bridgehead atoms. The molecule has 0 aliphatic rings. The molecule has 0 atom stereocenters. The van der Waals surface area contributed by atoms with Gasteiger partial charge in [-0.15, -0.1) is 11.3 Å². The van der Waals surface area contributed by atoms with Crippen molar-refractivity contribution in [3.05, 3.63) is 87.4 Å². The zero-order valence-corrected chi connectivity index (χ0v) is 14.4. The van der Waals surface area contributed by atoms with Crippen molar-refractivity contribution in [2.45, 2.75) is 20.0 Å². The largest absolute Gasteiger partial charge is 0.376 e. The normalized spacial score (nSPS) is 10.7. The molecule has 0 saturated carbocycles. The van der Waals surface area contributed by atoms with Crippen LogP contribution in [-0.4, -0.2) is 17.4 Å². The lowest BCUT2D eigenvalue weighted by atomic mass is 10.1. The van der Waals surface area contributed by atoms with Crippen LogP contribution in [0.15, 0.2) is 60.7 Å². The molecule has 0 fully saturated rings. The summed E-state index contributed by atoms with van der Waals surface area (Å²) in [6.45, 7) is 3.18. The van der Waals surface area contributed by atoms with E-state index in [-0.39, 0.29) is 5.78 Å². The minimum absolute atomic E-state index is 0.0137. The summed E-state index contributed by atoms with van der Waals surface area (Å²) in [5, 5.41) is 0.553. The van der Waals surface area contributed by atoms with Crippen LogP contribution in [0, 0.1) is 6.92 Å². The first kappa shape index (κ1) is 16.6. The minimum Gasteiger partial charge on any atom is -0.376 e. The van der Waals surface area contributed by atoms with Gasteiger partial charge in [-0.2, -0.15) is 0 Å². The minimum atomic E-state index is -0.0137. The molecule has 0 aliphatic heterocycles. The highest BCUT2D eigenvalue weighted by atomic mass is 32.1. The van der Waals surface area contributed by atoms with Crippen molar-refractivity contribution in [1.29, 1.82) is 0 Å². The van der Waals surface area contributed by atoms with E-state index in [9.17, 15) is 4.79 Å². The predicted octanol–water partition coefficient (Wildman–Crippen LogP) is 4.44. The Bertz CT molecular complexity index is 797. The van der Waals surface area contributed by atoms with Gasteiger partial charge in [0.05, 0.1) is 18.9 Å². The molecule has 0 radical (unpaired) electrons. The number of carbonyl (C=O) groups excluding carboxylic acids is 1. The van der Waals surface area contributed by atoms with Crippen LogP contribution < -0.4 is 0 Å². The van der Waals surface area contributed by atoms with Gasteiger partial charge in [-0.05, 0) is 12.5 Å². The molecule has 0 N–H and O–H groups in total. The maximum absolute atomic E-state index is 12.4. The van der Waals surface area contributed by atoms with Crippen LogP contribution in [0.25, 0.3) is 0 Å². The van der Waals surface area contributed by atoms with Crippen LogP contribution in [0.5, 0.6) is 0 Å². The molecule has 0 unspecified atom stereocenters. The van der Waals surface area contributed by atoms with E-state index < -0.39 is 0 Å². The summed E-state index contributed by atoms with van der Waals surface area (Å²) in [4.78, 5) is 18.0. The van der Waals surface area contributed by atoms with Gasteiger partial charge >= 0.3 is 0 Å². The van der Waals surface area contributed by atoms with Crippen LogP contribution in [0.3, 0.4) is 0 Å². The Kier molecular flexibility index (Phi) is 5.51. The lowest BCUT2D eigenvalue weighted by molar-refractivity contribution is 0.103. The van der Waals surface area contributed by atoms with E-state index in [1.54, 1.807) is 0 Å². The lowest BCUT2D eigenvalue weighted by Crippen LogP contribution is -1.99. The van der Waals surface area contributed by atoms with Crippen LogP contribution in [-0.2, 0) is 17.8 Å². The Morgan fingerprint density at radius 3 is 2.42 bits per heavy atom. The molecular weight excluding hydrogens is 318 g/mol. The van der Waals surface area contributed by atoms with Gasteiger partial charge in [0, 0.05) is 16.9 Å². The molecule has 3 aromatic rings. The van der Waals surface area contributed by atoms with Gasteiger partial charge in [0.25, 0.3) is 0 Å². The number of ether oxygens (including phenoxy) is 1. The van der Waals surface area contributed by atoms with Crippen molar-refractivity contribution in [3.63, 3.8) is 0 Å². The smallest absolute Gasteiger partial charge is 0.221 e. The average Bonchev–Trinajstić information content (AvgIpc) is 3.00. The van der Waals surface area contributed by atoms with Crippen LogP contribution >= 0.6 is 11.3 Å². The van der Waals surface area contributed by atoms with Crippen molar-refractivity contribution in [1.82, 2.24) is 4.98 Å². The lowest BCUT2D eigenvalue weighted by Gasteiger charge is -2.03. The number of thiazole rings is 1. The zero-order chi connectivity index (χ0) is 16.8. The number of benzene rings is 2. The van der Waals surface area contributed by atoms with Crippen LogP contribution in [0.2, 0.25) is 0 Å². The average molecular weight is 337 g/mol. The molecule has 3 rings (SSSR count). The maximum Gasteiger partial charge on any atom is 0.221 e. The van der Waals surface area contributed by atoms with E-state index in [0.29, 0.717) is 23.8 Å². The van der Waals surface area contributed by atoms with E-state index in [2.05, 4.69) is 17.1 Å². The fourth-order valence-electron chi connectivity index (χ4n) is 2.40. The maximum atomic E-state index is 12.4. The molecule has 24 heavy (non-hydrogen) atoms. The zero-order valence-electron chi connectivity index (χ0n) is 13.6. The SMILES string of the molecule is Cc1nc(C(=O)c2ccccc2)sc1CCOCc1ccccc1. The Morgan fingerprint density at radius 1 is 1.04 bits per heavy atom. The predicted molar refractivity (Wildman–Crippen MR) is 96.5 cm³/mol. The van der Waals surface area contributed by atoms with Crippen LogP contribution in [0.4, 0.5) is 0 Å². The molecule has 1 heterocycles. The molecule has 122 valence electrons. The summed E-state index contributed by atoms with van der Waals surface area (Å²) >= 11 is 1.47. The molecule has 0 saturated heterocycles. The summed E-state index contributed by atoms with van der Waals surface area (Å²) in [6, 6.07) is 19.4. The Morgan fingerprint density at radius 2 is 1.71 bits per heavy atom. The number of carbonyl (C=O) groups is 1. The molecule has 3 nitrogen and oxygen atoms in total. The first-order valence-corrected chi connectivity index (χ1v) is 8.73. The summed E-state index contributed by atoms with van der Waals surface area (Å²) in [5.74, 6) is -0.0137. The third-order valence-corrected chi connectivity index (χ3v) is 4.92. The van der Waals surface area contributed by atoms with E-state index in [1.165, 1.54) is 16.9 Å². The summed E-state index contributed by atoms with van der Waals surface area (Å²) < 4.78 is 5.73. The van der Waals surface area contributed by atoms with E-state index in [0.717, 1.165) is 17.0 Å². The summed E-state index contributed by atoms with van der Waals surface area (Å²) in [6.07, 6.45) is 0.776. The van der Waals surface area contributed by atoms with Gasteiger partial charge in [0.2, 0.25) is 5.78 Å². The van der Waals surface area contributed by atoms with Crippen molar-refractivity contribution in [2.24, 2.45) is 0 Å². The topological polar surface area (TPSA) is 39.2 Å². The van der Waals surface area contributed by atoms with Gasteiger partial charge in [-0.1, -0.05) is 60.7 Å².